The van der Waals surface area contributed by atoms with E-state index in [1.54, 1.807) is 0 Å². The molecule has 0 unspecified atom stereocenters. The van der Waals surface area contributed by atoms with Gasteiger partial charge >= 0.3 is 0 Å². The van der Waals surface area contributed by atoms with E-state index in [1.807, 2.05) is 0 Å². The van der Waals surface area contributed by atoms with E-state index in [9.17, 15) is 8.78 Å². The zero-order chi connectivity index (χ0) is 7.72. The van der Waals surface area contributed by atoms with E-state index in [0.717, 1.165) is 0 Å². The quantitative estimate of drug-likeness (QED) is 0.536. The van der Waals surface area contributed by atoms with Crippen molar-refractivity contribution in [2.24, 2.45) is 0 Å². The van der Waals surface area contributed by atoms with Gasteiger partial charge < -0.3 is 11.5 Å². The molecule has 0 saturated heterocycles. The largest absolute Gasteiger partial charge is 0.396 e. The normalized spacial score (nSPS) is 9.80. The zero-order valence-corrected chi connectivity index (χ0v) is 5.07. The van der Waals surface area contributed by atoms with Gasteiger partial charge in [0.05, 0.1) is 11.4 Å². The van der Waals surface area contributed by atoms with Gasteiger partial charge in [0, 0.05) is 0 Å². The molecule has 0 radical (unpaired) electrons. The fourth-order valence-electron chi connectivity index (χ4n) is 0.579. The second-order valence-corrected chi connectivity index (χ2v) is 1.87. The minimum Gasteiger partial charge on any atom is -0.396 e. The first kappa shape index (κ1) is 6.80. The fourth-order valence-corrected chi connectivity index (χ4v) is 0.579. The Balaban J connectivity index is 3.34. The Morgan fingerprint density at radius 2 is 1.20 bits per heavy atom. The maximum Gasteiger partial charge on any atom is 0.183 e. The van der Waals surface area contributed by atoms with E-state index in [-0.39, 0.29) is 11.4 Å². The van der Waals surface area contributed by atoms with Crippen LogP contribution in [0, 0.1) is 11.6 Å². The molecule has 0 saturated carbocycles. The smallest absolute Gasteiger partial charge is 0.183 e. The van der Waals surface area contributed by atoms with Gasteiger partial charge in [-0.15, -0.1) is 0 Å². The Morgan fingerprint density at radius 3 is 1.50 bits per heavy atom. The van der Waals surface area contributed by atoms with Crippen molar-refractivity contribution in [3.8, 4) is 0 Å². The van der Waals surface area contributed by atoms with Crippen LogP contribution in [0.5, 0.6) is 0 Å². The predicted octanol–water partition coefficient (Wildman–Crippen LogP) is 1.13. The molecule has 0 aromatic heterocycles. The van der Waals surface area contributed by atoms with Gasteiger partial charge in [-0.2, -0.15) is 0 Å². The highest BCUT2D eigenvalue weighted by Gasteiger charge is 2.07. The molecule has 0 spiro atoms. The summed E-state index contributed by atoms with van der Waals surface area (Å²) >= 11 is 0. The van der Waals surface area contributed by atoms with E-state index >= 15 is 0 Å². The minimum atomic E-state index is -1.08. The summed E-state index contributed by atoms with van der Waals surface area (Å²) in [6.45, 7) is 0. The summed E-state index contributed by atoms with van der Waals surface area (Å²) in [5.74, 6) is -2.17. The first-order chi connectivity index (χ1) is 4.63. The highest BCUT2D eigenvalue weighted by molar-refractivity contribution is 5.50. The lowest BCUT2D eigenvalue weighted by atomic mass is 10.2. The Hall–Kier alpha value is -1.32. The van der Waals surface area contributed by atoms with E-state index in [2.05, 4.69) is 0 Å². The third kappa shape index (κ3) is 0.877. The molecular weight excluding hydrogens is 138 g/mol. The summed E-state index contributed by atoms with van der Waals surface area (Å²) in [5.41, 5.74) is 9.58. The van der Waals surface area contributed by atoms with Crippen molar-refractivity contribution >= 4 is 11.4 Å². The van der Waals surface area contributed by atoms with Crippen LogP contribution in [-0.2, 0) is 0 Å². The topological polar surface area (TPSA) is 52.0 Å². The fraction of sp³-hybridized carbons (Fsp3) is 0. The van der Waals surface area contributed by atoms with Crippen molar-refractivity contribution in [1.29, 1.82) is 0 Å². The van der Waals surface area contributed by atoms with Crippen molar-refractivity contribution in [3.05, 3.63) is 23.8 Å². The molecule has 0 fully saturated rings. The summed E-state index contributed by atoms with van der Waals surface area (Å²) in [7, 11) is 0. The Kier molecular flexibility index (Phi) is 1.45. The SMILES string of the molecule is Nc1ccc(N)c(F)c1F. The summed E-state index contributed by atoms with van der Waals surface area (Å²) in [6.07, 6.45) is 0. The van der Waals surface area contributed by atoms with Crippen LogP contribution < -0.4 is 11.5 Å². The summed E-state index contributed by atoms with van der Waals surface area (Å²) < 4.78 is 24.8. The van der Waals surface area contributed by atoms with Crippen LogP contribution in [0.2, 0.25) is 0 Å². The summed E-state index contributed by atoms with van der Waals surface area (Å²) in [5, 5.41) is 0. The van der Waals surface area contributed by atoms with Crippen LogP contribution >= 0.6 is 0 Å². The molecule has 0 aliphatic heterocycles. The first-order valence-corrected chi connectivity index (χ1v) is 2.62. The molecule has 0 amide bonds. The summed E-state index contributed by atoms with van der Waals surface area (Å²) in [4.78, 5) is 0. The van der Waals surface area contributed by atoms with Crippen molar-refractivity contribution in [2.45, 2.75) is 0 Å². The molecule has 4 heteroatoms. The molecular formula is C6H6F2N2. The lowest BCUT2D eigenvalue weighted by Gasteiger charge is -1.98. The van der Waals surface area contributed by atoms with Crippen molar-refractivity contribution in [1.82, 2.24) is 0 Å². The number of hydrogen-bond acceptors (Lipinski definition) is 2. The molecule has 0 heterocycles. The van der Waals surface area contributed by atoms with Gasteiger partial charge in [-0.1, -0.05) is 0 Å². The first-order valence-electron chi connectivity index (χ1n) is 2.62. The van der Waals surface area contributed by atoms with E-state index < -0.39 is 11.6 Å². The van der Waals surface area contributed by atoms with E-state index in [1.165, 1.54) is 12.1 Å². The molecule has 54 valence electrons. The van der Waals surface area contributed by atoms with Crippen LogP contribution in [0.3, 0.4) is 0 Å². The Labute approximate surface area is 56.4 Å². The van der Waals surface area contributed by atoms with Gasteiger partial charge in [-0.05, 0) is 12.1 Å². The standard InChI is InChI=1S/C6H6F2N2/c7-5-3(9)1-2-4(10)6(5)8/h1-2H,9-10H2. The van der Waals surface area contributed by atoms with Crippen LogP contribution in [0.1, 0.15) is 0 Å². The van der Waals surface area contributed by atoms with Gasteiger partial charge in [0.15, 0.2) is 11.6 Å². The van der Waals surface area contributed by atoms with Crippen LogP contribution in [0.4, 0.5) is 20.2 Å². The lowest BCUT2D eigenvalue weighted by Crippen LogP contribution is -1.98. The molecule has 0 aliphatic rings. The number of nitrogens with two attached hydrogens (primary N) is 2. The van der Waals surface area contributed by atoms with Crippen LogP contribution in [0.25, 0.3) is 0 Å². The molecule has 1 aromatic rings. The molecule has 10 heavy (non-hydrogen) atoms. The van der Waals surface area contributed by atoms with Gasteiger partial charge in [0.1, 0.15) is 0 Å². The number of rotatable bonds is 0. The molecule has 2 nitrogen and oxygen atoms in total. The number of hydrogen-bond donors (Lipinski definition) is 2. The maximum absolute atomic E-state index is 12.4. The van der Waals surface area contributed by atoms with Gasteiger partial charge in [0.2, 0.25) is 0 Å². The highest BCUT2D eigenvalue weighted by atomic mass is 19.2. The molecule has 1 aromatic carbocycles. The molecule has 0 atom stereocenters. The second kappa shape index (κ2) is 2.13. The Bertz CT molecular complexity index is 233. The monoisotopic (exact) mass is 144 g/mol. The molecule has 0 aliphatic carbocycles. The van der Waals surface area contributed by atoms with Crippen molar-refractivity contribution < 1.29 is 8.78 Å². The molecule has 4 N–H and O–H groups in total. The second-order valence-electron chi connectivity index (χ2n) is 1.87. The number of halogens is 2. The minimum absolute atomic E-state index is 0.230. The highest BCUT2D eigenvalue weighted by Crippen LogP contribution is 2.18. The van der Waals surface area contributed by atoms with Crippen molar-refractivity contribution in [3.63, 3.8) is 0 Å². The van der Waals surface area contributed by atoms with Gasteiger partial charge in [0.25, 0.3) is 0 Å². The number of benzene rings is 1. The van der Waals surface area contributed by atoms with Crippen molar-refractivity contribution in [2.75, 3.05) is 11.5 Å². The number of anilines is 2. The molecule has 0 bridgehead atoms. The van der Waals surface area contributed by atoms with E-state index in [4.69, 9.17) is 11.5 Å². The van der Waals surface area contributed by atoms with Gasteiger partial charge in [-0.3, -0.25) is 0 Å². The maximum atomic E-state index is 12.4. The van der Waals surface area contributed by atoms with Crippen LogP contribution in [0.15, 0.2) is 12.1 Å². The number of nitrogen functional groups attached to an aromatic ring is 2. The van der Waals surface area contributed by atoms with Crippen LogP contribution in [-0.4, -0.2) is 0 Å². The molecule has 1 rings (SSSR count). The average molecular weight is 144 g/mol. The third-order valence-electron chi connectivity index (χ3n) is 1.14. The van der Waals surface area contributed by atoms with Gasteiger partial charge in [-0.25, -0.2) is 8.78 Å². The zero-order valence-electron chi connectivity index (χ0n) is 5.07. The predicted molar refractivity (Wildman–Crippen MR) is 35.2 cm³/mol. The third-order valence-corrected chi connectivity index (χ3v) is 1.14. The summed E-state index contributed by atoms with van der Waals surface area (Å²) in [6, 6.07) is 2.43. The Morgan fingerprint density at radius 1 is 0.900 bits per heavy atom. The lowest BCUT2D eigenvalue weighted by molar-refractivity contribution is 0.515. The van der Waals surface area contributed by atoms with E-state index in [0.29, 0.717) is 0 Å². The average Bonchev–Trinajstić information content (AvgIpc) is 1.93.